The highest BCUT2D eigenvalue weighted by Gasteiger charge is 2.43. The second-order valence-corrected chi connectivity index (χ2v) is 7.04. The first-order valence-corrected chi connectivity index (χ1v) is 9.10. The topological polar surface area (TPSA) is 41.1 Å². The van der Waals surface area contributed by atoms with Gasteiger partial charge < -0.3 is 10.6 Å². The molecule has 0 atom stereocenters. The molecule has 0 aliphatic heterocycles. The Morgan fingerprint density at radius 2 is 1.77 bits per heavy atom. The van der Waals surface area contributed by atoms with E-state index in [1.165, 1.54) is 17.7 Å². The molecule has 0 radical (unpaired) electrons. The van der Waals surface area contributed by atoms with Crippen LogP contribution in [-0.4, -0.2) is 5.91 Å². The molecule has 0 aromatic heterocycles. The molecular formula is C22H25FN2O. The third-order valence-corrected chi connectivity index (χ3v) is 5.19. The van der Waals surface area contributed by atoms with Gasteiger partial charge in [-0.15, -0.1) is 0 Å². The fourth-order valence-electron chi connectivity index (χ4n) is 3.29. The minimum Gasteiger partial charge on any atom is -0.385 e. The lowest BCUT2D eigenvalue weighted by Gasteiger charge is -2.40. The largest absolute Gasteiger partial charge is 0.385 e. The van der Waals surface area contributed by atoms with E-state index in [2.05, 4.69) is 29.3 Å². The highest BCUT2D eigenvalue weighted by atomic mass is 19.1. The van der Waals surface area contributed by atoms with Crippen molar-refractivity contribution in [1.82, 2.24) is 5.32 Å². The van der Waals surface area contributed by atoms with Crippen molar-refractivity contribution in [2.75, 3.05) is 5.32 Å². The van der Waals surface area contributed by atoms with Gasteiger partial charge in [-0.2, -0.15) is 0 Å². The molecule has 4 heteroatoms. The molecule has 136 valence electrons. The van der Waals surface area contributed by atoms with Crippen LogP contribution in [0.25, 0.3) is 0 Å². The lowest BCUT2D eigenvalue weighted by Crippen LogP contribution is -2.42. The zero-order valence-electron chi connectivity index (χ0n) is 14.9. The standard InChI is InChI=1S/C22H25FN2O/c1-17(24-16-18-6-3-2-4-7-18)12-15-22(13-5-14-22)21(26)25-20-10-8-19(23)9-11-20/h2-4,6-11,24H,1,5,12-16H2,(H,25,26). The molecule has 1 fully saturated rings. The number of hydrogen-bond donors (Lipinski definition) is 2. The fraction of sp³-hybridized carbons (Fsp3) is 0.318. The first-order chi connectivity index (χ1) is 12.6. The summed E-state index contributed by atoms with van der Waals surface area (Å²) in [6.07, 6.45) is 4.41. The Labute approximate surface area is 154 Å². The van der Waals surface area contributed by atoms with Crippen molar-refractivity contribution in [2.24, 2.45) is 5.41 Å². The molecule has 1 amide bonds. The normalized spacial score (nSPS) is 15.0. The molecule has 2 aromatic carbocycles. The molecule has 1 aliphatic carbocycles. The summed E-state index contributed by atoms with van der Waals surface area (Å²) in [6, 6.07) is 16.1. The second-order valence-electron chi connectivity index (χ2n) is 7.04. The zero-order chi connectivity index (χ0) is 18.4. The summed E-state index contributed by atoms with van der Waals surface area (Å²) in [5.41, 5.74) is 2.48. The maximum absolute atomic E-state index is 13.0. The first kappa shape index (κ1) is 18.2. The van der Waals surface area contributed by atoms with Gasteiger partial charge in [0, 0.05) is 23.3 Å². The van der Waals surface area contributed by atoms with Crippen LogP contribution in [-0.2, 0) is 11.3 Å². The van der Waals surface area contributed by atoms with Gasteiger partial charge in [0.2, 0.25) is 5.91 Å². The number of carbonyl (C=O) groups is 1. The number of rotatable bonds is 8. The van der Waals surface area contributed by atoms with Crippen molar-refractivity contribution in [3.8, 4) is 0 Å². The Morgan fingerprint density at radius 1 is 1.08 bits per heavy atom. The average Bonchev–Trinajstić information content (AvgIpc) is 2.62. The molecule has 26 heavy (non-hydrogen) atoms. The van der Waals surface area contributed by atoms with Gasteiger partial charge in [-0.3, -0.25) is 4.79 Å². The first-order valence-electron chi connectivity index (χ1n) is 9.10. The van der Waals surface area contributed by atoms with E-state index >= 15 is 0 Å². The minimum atomic E-state index is -0.328. The molecule has 2 N–H and O–H groups in total. The molecular weight excluding hydrogens is 327 g/mol. The monoisotopic (exact) mass is 352 g/mol. The van der Waals surface area contributed by atoms with Crippen LogP contribution in [0.5, 0.6) is 0 Å². The van der Waals surface area contributed by atoms with Gasteiger partial charge in [0.15, 0.2) is 0 Å². The molecule has 1 saturated carbocycles. The van der Waals surface area contributed by atoms with Gasteiger partial charge in [-0.25, -0.2) is 4.39 Å². The number of carbonyl (C=O) groups excluding carboxylic acids is 1. The average molecular weight is 352 g/mol. The van der Waals surface area contributed by atoms with E-state index in [9.17, 15) is 9.18 Å². The van der Waals surface area contributed by atoms with E-state index in [4.69, 9.17) is 0 Å². The minimum absolute atomic E-state index is 0.0335. The maximum Gasteiger partial charge on any atom is 0.230 e. The van der Waals surface area contributed by atoms with Crippen molar-refractivity contribution >= 4 is 11.6 Å². The molecule has 0 saturated heterocycles. The van der Waals surface area contributed by atoms with Crippen LogP contribution >= 0.6 is 0 Å². The number of halogens is 1. The van der Waals surface area contributed by atoms with Gasteiger partial charge in [-0.05, 0) is 55.5 Å². The van der Waals surface area contributed by atoms with Crippen LogP contribution in [0.1, 0.15) is 37.7 Å². The molecule has 0 bridgehead atoms. The fourth-order valence-corrected chi connectivity index (χ4v) is 3.29. The van der Waals surface area contributed by atoms with Gasteiger partial charge in [-0.1, -0.05) is 43.3 Å². The van der Waals surface area contributed by atoms with Crippen LogP contribution in [0.2, 0.25) is 0 Å². The highest BCUT2D eigenvalue weighted by molar-refractivity contribution is 5.95. The van der Waals surface area contributed by atoms with Crippen LogP contribution in [0.4, 0.5) is 10.1 Å². The predicted molar refractivity (Wildman–Crippen MR) is 103 cm³/mol. The highest BCUT2D eigenvalue weighted by Crippen LogP contribution is 2.46. The van der Waals surface area contributed by atoms with E-state index in [-0.39, 0.29) is 17.1 Å². The summed E-state index contributed by atoms with van der Waals surface area (Å²) in [4.78, 5) is 12.7. The van der Waals surface area contributed by atoms with E-state index in [1.807, 2.05) is 18.2 Å². The van der Waals surface area contributed by atoms with Crippen LogP contribution in [0.15, 0.2) is 66.9 Å². The Kier molecular flexibility index (Phi) is 5.71. The summed E-state index contributed by atoms with van der Waals surface area (Å²) >= 11 is 0. The molecule has 3 nitrogen and oxygen atoms in total. The molecule has 2 aromatic rings. The number of nitrogens with one attached hydrogen (secondary N) is 2. The van der Waals surface area contributed by atoms with Crippen molar-refractivity contribution in [3.63, 3.8) is 0 Å². The number of hydrogen-bond acceptors (Lipinski definition) is 2. The predicted octanol–water partition coefficient (Wildman–Crippen LogP) is 5.02. The quantitative estimate of drug-likeness (QED) is 0.700. The third kappa shape index (κ3) is 4.51. The van der Waals surface area contributed by atoms with E-state index in [0.717, 1.165) is 44.3 Å². The second kappa shape index (κ2) is 8.17. The van der Waals surface area contributed by atoms with Crippen LogP contribution in [0, 0.1) is 11.2 Å². The van der Waals surface area contributed by atoms with E-state index in [0.29, 0.717) is 5.69 Å². The zero-order valence-corrected chi connectivity index (χ0v) is 14.9. The smallest absolute Gasteiger partial charge is 0.230 e. The number of amides is 1. The van der Waals surface area contributed by atoms with Gasteiger partial charge >= 0.3 is 0 Å². The van der Waals surface area contributed by atoms with Crippen LogP contribution in [0.3, 0.4) is 0 Å². The lowest BCUT2D eigenvalue weighted by molar-refractivity contribution is -0.130. The van der Waals surface area contributed by atoms with Gasteiger partial charge in [0.1, 0.15) is 5.82 Å². The number of anilines is 1. The Bertz CT molecular complexity index is 751. The Balaban J connectivity index is 1.50. The Hall–Kier alpha value is -2.62. The molecule has 0 spiro atoms. The number of benzene rings is 2. The van der Waals surface area contributed by atoms with Crippen molar-refractivity contribution < 1.29 is 9.18 Å². The van der Waals surface area contributed by atoms with Gasteiger partial charge in [0.05, 0.1) is 0 Å². The lowest BCUT2D eigenvalue weighted by atomic mass is 9.65. The molecule has 0 heterocycles. The maximum atomic E-state index is 13.0. The van der Waals surface area contributed by atoms with Crippen molar-refractivity contribution in [2.45, 2.75) is 38.6 Å². The SMILES string of the molecule is C=C(CCC1(C(=O)Nc2ccc(F)cc2)CCC1)NCc1ccccc1. The van der Waals surface area contributed by atoms with E-state index < -0.39 is 0 Å². The summed E-state index contributed by atoms with van der Waals surface area (Å²) in [5, 5.41) is 6.28. The summed E-state index contributed by atoms with van der Waals surface area (Å²) < 4.78 is 13.0. The summed E-state index contributed by atoms with van der Waals surface area (Å²) in [6.45, 7) is 4.84. The van der Waals surface area contributed by atoms with Crippen molar-refractivity contribution in [3.05, 3.63) is 78.3 Å². The molecule has 1 aliphatic rings. The molecule has 3 rings (SSSR count). The molecule has 0 unspecified atom stereocenters. The summed E-state index contributed by atoms with van der Waals surface area (Å²) in [5.74, 6) is -0.270. The van der Waals surface area contributed by atoms with Gasteiger partial charge in [0.25, 0.3) is 0 Å². The third-order valence-electron chi connectivity index (χ3n) is 5.19. The number of allylic oxidation sites excluding steroid dienone is 1. The van der Waals surface area contributed by atoms with Crippen LogP contribution < -0.4 is 10.6 Å². The Morgan fingerprint density at radius 3 is 2.38 bits per heavy atom. The summed E-state index contributed by atoms with van der Waals surface area (Å²) in [7, 11) is 0. The van der Waals surface area contributed by atoms with Crippen molar-refractivity contribution in [1.29, 1.82) is 0 Å². The van der Waals surface area contributed by atoms with E-state index in [1.54, 1.807) is 12.1 Å².